The van der Waals surface area contributed by atoms with Crippen LogP contribution < -0.4 is 10.6 Å². The largest absolute Gasteiger partial charge is 0.383 e. The molecule has 1 aromatic carbocycles. The lowest BCUT2D eigenvalue weighted by Crippen LogP contribution is -2.18. The van der Waals surface area contributed by atoms with Gasteiger partial charge in [-0.3, -0.25) is 15.1 Å². The highest BCUT2D eigenvalue weighted by Gasteiger charge is 2.13. The zero-order valence-electron chi connectivity index (χ0n) is 12.0. The third kappa shape index (κ3) is 3.76. The number of nitrogens with one attached hydrogen (secondary N) is 2. The lowest BCUT2D eigenvalue weighted by atomic mass is 10.1. The summed E-state index contributed by atoms with van der Waals surface area (Å²) in [5.74, 6) is 0. The maximum absolute atomic E-state index is 11.0. The molecule has 0 aliphatic carbocycles. The fourth-order valence-electron chi connectivity index (χ4n) is 2.09. The van der Waals surface area contributed by atoms with Crippen LogP contribution in [0.1, 0.15) is 24.1 Å². The molecule has 1 atom stereocenters. The average Bonchev–Trinajstić information content (AvgIpc) is 2.53. The molecule has 0 amide bonds. The Kier molecular flexibility index (Phi) is 4.84. The lowest BCUT2D eigenvalue weighted by Gasteiger charge is -2.14. The van der Waals surface area contributed by atoms with Gasteiger partial charge in [0.25, 0.3) is 5.69 Å². The number of pyridine rings is 1. The van der Waals surface area contributed by atoms with Crippen molar-refractivity contribution >= 4 is 11.4 Å². The lowest BCUT2D eigenvalue weighted by molar-refractivity contribution is -0.384. The maximum Gasteiger partial charge on any atom is 0.292 e. The van der Waals surface area contributed by atoms with E-state index in [4.69, 9.17) is 0 Å². The topological polar surface area (TPSA) is 80.1 Å². The van der Waals surface area contributed by atoms with Crippen LogP contribution in [0.4, 0.5) is 11.4 Å². The van der Waals surface area contributed by atoms with E-state index in [0.717, 1.165) is 11.1 Å². The first-order chi connectivity index (χ1) is 10.1. The number of benzene rings is 1. The molecular formula is C15H18N4O2. The molecule has 0 saturated heterocycles. The van der Waals surface area contributed by atoms with E-state index in [9.17, 15) is 10.1 Å². The van der Waals surface area contributed by atoms with Crippen LogP contribution in [-0.2, 0) is 6.54 Å². The van der Waals surface area contributed by atoms with Crippen molar-refractivity contribution in [1.29, 1.82) is 0 Å². The smallest absolute Gasteiger partial charge is 0.292 e. The van der Waals surface area contributed by atoms with E-state index in [2.05, 4.69) is 15.6 Å². The molecule has 2 aromatic rings. The summed E-state index contributed by atoms with van der Waals surface area (Å²) < 4.78 is 0. The van der Waals surface area contributed by atoms with Crippen molar-refractivity contribution in [3.8, 4) is 0 Å². The molecule has 6 heteroatoms. The van der Waals surface area contributed by atoms with Crippen LogP contribution in [-0.4, -0.2) is 17.0 Å². The minimum atomic E-state index is -0.373. The Labute approximate surface area is 123 Å². The Morgan fingerprint density at radius 3 is 2.62 bits per heavy atom. The summed E-state index contributed by atoms with van der Waals surface area (Å²) in [5.41, 5.74) is 2.62. The fourth-order valence-corrected chi connectivity index (χ4v) is 2.09. The highest BCUT2D eigenvalue weighted by atomic mass is 16.6. The Bertz CT molecular complexity index is 616. The molecule has 0 fully saturated rings. The van der Waals surface area contributed by atoms with E-state index in [1.165, 1.54) is 0 Å². The SMILES string of the molecule is CNc1ccc(CN[C@H](C)c2ccncc2)cc1[N+](=O)[O-]. The highest BCUT2D eigenvalue weighted by molar-refractivity contribution is 5.62. The minimum absolute atomic E-state index is 0.0911. The molecule has 6 nitrogen and oxygen atoms in total. The van der Waals surface area contributed by atoms with E-state index in [0.29, 0.717) is 12.2 Å². The van der Waals surface area contributed by atoms with Crippen molar-refractivity contribution in [2.75, 3.05) is 12.4 Å². The van der Waals surface area contributed by atoms with Crippen LogP contribution in [0.2, 0.25) is 0 Å². The molecule has 1 aromatic heterocycles. The molecule has 0 bridgehead atoms. The third-order valence-corrected chi connectivity index (χ3v) is 3.35. The number of aromatic nitrogens is 1. The number of rotatable bonds is 6. The molecule has 0 spiro atoms. The molecule has 0 radical (unpaired) electrons. The Balaban J connectivity index is 2.07. The van der Waals surface area contributed by atoms with Gasteiger partial charge < -0.3 is 10.6 Å². The average molecular weight is 286 g/mol. The van der Waals surface area contributed by atoms with E-state index in [1.54, 1.807) is 31.6 Å². The van der Waals surface area contributed by atoms with Gasteiger partial charge in [-0.05, 0) is 36.2 Å². The van der Waals surface area contributed by atoms with Crippen molar-refractivity contribution in [2.45, 2.75) is 19.5 Å². The molecule has 0 saturated carbocycles. The van der Waals surface area contributed by atoms with Gasteiger partial charge in [-0.25, -0.2) is 0 Å². The van der Waals surface area contributed by atoms with Crippen molar-refractivity contribution in [2.24, 2.45) is 0 Å². The Morgan fingerprint density at radius 2 is 2.00 bits per heavy atom. The first-order valence-corrected chi connectivity index (χ1v) is 6.70. The second-order valence-electron chi connectivity index (χ2n) is 4.74. The first kappa shape index (κ1) is 14.9. The first-order valence-electron chi connectivity index (χ1n) is 6.70. The minimum Gasteiger partial charge on any atom is -0.383 e. The van der Waals surface area contributed by atoms with Gasteiger partial charge in [0.1, 0.15) is 5.69 Å². The summed E-state index contributed by atoms with van der Waals surface area (Å²) in [6.45, 7) is 2.61. The molecular weight excluding hydrogens is 268 g/mol. The van der Waals surface area contributed by atoms with E-state index < -0.39 is 0 Å². The quantitative estimate of drug-likeness (QED) is 0.630. The summed E-state index contributed by atoms with van der Waals surface area (Å²) >= 11 is 0. The van der Waals surface area contributed by atoms with Crippen LogP contribution >= 0.6 is 0 Å². The van der Waals surface area contributed by atoms with Crippen molar-refractivity contribution in [1.82, 2.24) is 10.3 Å². The predicted octanol–water partition coefficient (Wildman–Crippen LogP) is 2.88. The van der Waals surface area contributed by atoms with Gasteiger partial charge >= 0.3 is 0 Å². The van der Waals surface area contributed by atoms with E-state index >= 15 is 0 Å². The van der Waals surface area contributed by atoms with Crippen LogP contribution in [0.5, 0.6) is 0 Å². The monoisotopic (exact) mass is 286 g/mol. The number of nitrogens with zero attached hydrogens (tertiary/aromatic N) is 2. The molecule has 110 valence electrons. The number of nitro benzene ring substituents is 1. The van der Waals surface area contributed by atoms with Gasteiger partial charge in [0.15, 0.2) is 0 Å². The number of hydrogen-bond donors (Lipinski definition) is 2. The molecule has 2 rings (SSSR count). The second kappa shape index (κ2) is 6.81. The van der Waals surface area contributed by atoms with Gasteiger partial charge in [-0.1, -0.05) is 6.07 Å². The summed E-state index contributed by atoms with van der Waals surface area (Å²) in [6, 6.07) is 9.25. The maximum atomic E-state index is 11.0. The van der Waals surface area contributed by atoms with Crippen LogP contribution in [0.15, 0.2) is 42.7 Å². The summed E-state index contributed by atoms with van der Waals surface area (Å²) in [4.78, 5) is 14.6. The van der Waals surface area contributed by atoms with Crippen LogP contribution in [0.3, 0.4) is 0 Å². The zero-order chi connectivity index (χ0) is 15.2. The molecule has 0 unspecified atom stereocenters. The number of anilines is 1. The summed E-state index contributed by atoms with van der Waals surface area (Å²) in [5, 5.41) is 17.2. The normalized spacial score (nSPS) is 11.9. The van der Waals surface area contributed by atoms with Crippen LogP contribution in [0.25, 0.3) is 0 Å². The number of nitro groups is 1. The Hall–Kier alpha value is -2.47. The standard InChI is InChI=1S/C15H18N4O2/c1-11(13-5-7-17-8-6-13)18-10-12-3-4-14(16-2)15(9-12)19(20)21/h3-9,11,16,18H,10H2,1-2H3/t11-/m1/s1. The van der Waals surface area contributed by atoms with E-state index in [1.807, 2.05) is 25.1 Å². The van der Waals surface area contributed by atoms with Crippen molar-refractivity contribution in [3.05, 3.63) is 64.0 Å². The zero-order valence-corrected chi connectivity index (χ0v) is 12.0. The fraction of sp³-hybridized carbons (Fsp3) is 0.267. The molecule has 1 heterocycles. The molecule has 21 heavy (non-hydrogen) atoms. The van der Waals surface area contributed by atoms with Gasteiger partial charge in [0.2, 0.25) is 0 Å². The van der Waals surface area contributed by atoms with Gasteiger partial charge in [0.05, 0.1) is 4.92 Å². The molecule has 0 aliphatic rings. The summed E-state index contributed by atoms with van der Waals surface area (Å²) in [6.07, 6.45) is 3.50. The Morgan fingerprint density at radius 1 is 1.29 bits per heavy atom. The van der Waals surface area contributed by atoms with Gasteiger partial charge in [0, 0.05) is 38.1 Å². The number of hydrogen-bond acceptors (Lipinski definition) is 5. The highest BCUT2D eigenvalue weighted by Crippen LogP contribution is 2.25. The van der Waals surface area contributed by atoms with Crippen molar-refractivity contribution < 1.29 is 4.92 Å². The van der Waals surface area contributed by atoms with Crippen LogP contribution in [0, 0.1) is 10.1 Å². The van der Waals surface area contributed by atoms with Crippen molar-refractivity contribution in [3.63, 3.8) is 0 Å². The van der Waals surface area contributed by atoms with Gasteiger partial charge in [-0.15, -0.1) is 0 Å². The van der Waals surface area contributed by atoms with E-state index in [-0.39, 0.29) is 16.7 Å². The second-order valence-corrected chi connectivity index (χ2v) is 4.74. The third-order valence-electron chi connectivity index (χ3n) is 3.35. The predicted molar refractivity (Wildman–Crippen MR) is 82.1 cm³/mol. The molecule has 2 N–H and O–H groups in total. The molecule has 0 aliphatic heterocycles. The van der Waals surface area contributed by atoms with Gasteiger partial charge in [-0.2, -0.15) is 0 Å². The summed E-state index contributed by atoms with van der Waals surface area (Å²) in [7, 11) is 1.67.